The smallest absolute Gasteiger partial charge is 0.102 e. The van der Waals surface area contributed by atoms with Crippen LogP contribution < -0.4 is 10.5 Å². The summed E-state index contributed by atoms with van der Waals surface area (Å²) in [6.07, 6.45) is 1.06. The zero-order valence-corrected chi connectivity index (χ0v) is 12.3. The van der Waals surface area contributed by atoms with Crippen LogP contribution >= 0.6 is 0 Å². The van der Waals surface area contributed by atoms with Gasteiger partial charge in [-0.25, -0.2) is 0 Å². The van der Waals surface area contributed by atoms with Gasteiger partial charge in [-0.05, 0) is 36.8 Å². The Labute approximate surface area is 104 Å². The maximum absolute atomic E-state index is 3.74. The molecule has 0 fully saturated rings. The van der Waals surface area contributed by atoms with Crippen molar-refractivity contribution in [1.82, 2.24) is 5.32 Å². The van der Waals surface area contributed by atoms with Gasteiger partial charge in [-0.1, -0.05) is 30.3 Å². The molecule has 3 heteroatoms. The monoisotopic (exact) mass is 245 g/mol. The molecule has 1 N–H and O–H groups in total. The Hall–Kier alpha value is -0.646. The van der Waals surface area contributed by atoms with Gasteiger partial charge < -0.3 is 5.32 Å². The lowest BCUT2D eigenvalue weighted by atomic mass is 10.1. The summed E-state index contributed by atoms with van der Waals surface area (Å²) in [7, 11) is 1.66. The van der Waals surface area contributed by atoms with Crippen LogP contribution in [0.1, 0.15) is 18.1 Å². The topological polar surface area (TPSA) is 12.0 Å². The fourth-order valence-corrected chi connectivity index (χ4v) is 3.53. The summed E-state index contributed by atoms with van der Waals surface area (Å²) >= 11 is 0. The summed E-state index contributed by atoms with van der Waals surface area (Å²) in [5.41, 5.74) is 5.39. The number of benzene rings is 1. The van der Waals surface area contributed by atoms with E-state index < -0.39 is 0 Å². The Morgan fingerprint density at radius 3 is 2.88 bits per heavy atom. The molecule has 0 bridgehead atoms. The lowest BCUT2D eigenvalue weighted by Crippen LogP contribution is -2.40. The Bertz CT molecular complexity index is 350. The largest absolute Gasteiger partial charge is 0.320 e. The van der Waals surface area contributed by atoms with Gasteiger partial charge in [-0.15, -0.1) is 12.3 Å². The summed E-state index contributed by atoms with van der Waals surface area (Å²) in [6, 6.07) is 6.58. The average Bonchev–Trinajstić information content (AvgIpc) is 2.25. The number of hydrogen-bond acceptors (Lipinski definition) is 1. The highest BCUT2D eigenvalue weighted by atomic mass is 28.2. The van der Waals surface area contributed by atoms with Gasteiger partial charge >= 0.3 is 0 Å². The van der Waals surface area contributed by atoms with Crippen molar-refractivity contribution >= 4 is 24.2 Å². The van der Waals surface area contributed by atoms with Crippen molar-refractivity contribution in [2.75, 3.05) is 6.17 Å². The zero-order chi connectivity index (χ0) is 12.0. The van der Waals surface area contributed by atoms with Crippen LogP contribution in [0, 0.1) is 13.8 Å². The highest BCUT2D eigenvalue weighted by Gasteiger charge is 2.07. The molecule has 0 spiro atoms. The second-order valence-corrected chi connectivity index (χ2v) is 6.77. The molecule has 0 aliphatic carbocycles. The van der Waals surface area contributed by atoms with Crippen LogP contribution in [0.15, 0.2) is 30.5 Å². The van der Waals surface area contributed by atoms with E-state index in [4.69, 9.17) is 0 Å². The van der Waals surface area contributed by atoms with Crippen LogP contribution in [0.4, 0.5) is 0 Å². The fourth-order valence-electron chi connectivity index (χ4n) is 1.48. The first-order valence-electron chi connectivity index (χ1n) is 5.55. The van der Waals surface area contributed by atoms with E-state index >= 15 is 0 Å². The van der Waals surface area contributed by atoms with E-state index in [1.165, 1.54) is 16.3 Å². The molecule has 1 nitrogen and oxygen atoms in total. The highest BCUT2D eigenvalue weighted by Crippen LogP contribution is 2.02. The molecule has 0 saturated heterocycles. The quantitative estimate of drug-likeness (QED) is 0.590. The highest BCUT2D eigenvalue weighted by molar-refractivity contribution is 6.55. The number of aryl methyl sites for hydroxylation is 1. The second kappa shape index (κ2) is 6.83. The molecule has 0 aliphatic heterocycles. The molecule has 1 unspecified atom stereocenters. The second-order valence-electron chi connectivity index (χ2n) is 3.90. The molecule has 0 amide bonds. The minimum Gasteiger partial charge on any atom is -0.320 e. The van der Waals surface area contributed by atoms with Crippen molar-refractivity contribution in [2.24, 2.45) is 0 Å². The van der Waals surface area contributed by atoms with Gasteiger partial charge in [0.05, 0.1) is 9.52 Å². The minimum absolute atomic E-state index is 0.563. The average molecular weight is 245 g/mol. The first-order chi connectivity index (χ1) is 7.65. The van der Waals surface area contributed by atoms with E-state index in [0.717, 1.165) is 25.2 Å². The number of hydrogen-bond donors (Lipinski definition) is 1. The lowest BCUT2D eigenvalue weighted by Gasteiger charge is -2.14. The molecule has 0 aliphatic rings. The Morgan fingerprint density at radius 1 is 1.44 bits per heavy atom. The van der Waals surface area contributed by atoms with Gasteiger partial charge in [0.25, 0.3) is 0 Å². The standard InChI is InChI=1S/C13H19NSi2/c1-5-15-9-14-12(4)16-13-8-6-7-10(2)11(13)3/h5-8,12,14H,1,9H2,2-4H3. The maximum atomic E-state index is 3.74. The molecule has 16 heavy (non-hydrogen) atoms. The van der Waals surface area contributed by atoms with Gasteiger partial charge in [0.15, 0.2) is 0 Å². The van der Waals surface area contributed by atoms with E-state index in [0.29, 0.717) is 5.67 Å². The number of nitrogens with one attached hydrogen (secondary N) is 1. The van der Waals surface area contributed by atoms with Crippen molar-refractivity contribution in [3.63, 3.8) is 0 Å². The molecular formula is C13H19NSi2. The zero-order valence-electron chi connectivity index (χ0n) is 10.3. The molecule has 0 heterocycles. The minimum atomic E-state index is 0.563. The first-order valence-corrected chi connectivity index (χ1v) is 7.91. The molecule has 84 valence electrons. The van der Waals surface area contributed by atoms with E-state index in [9.17, 15) is 0 Å². The molecular weight excluding hydrogens is 226 g/mol. The van der Waals surface area contributed by atoms with Crippen LogP contribution in [0.5, 0.6) is 0 Å². The molecule has 1 aromatic rings. The molecule has 1 rings (SSSR count). The van der Waals surface area contributed by atoms with Gasteiger partial charge in [-0.3, -0.25) is 0 Å². The van der Waals surface area contributed by atoms with Crippen molar-refractivity contribution in [3.8, 4) is 0 Å². The summed E-state index contributed by atoms with van der Waals surface area (Å²) in [6.45, 7) is 10.4. The SMILES string of the molecule is C=C[Si]CNC(C)[Si]c1cccc(C)c1C. The Kier molecular flexibility index (Phi) is 5.73. The third-order valence-electron chi connectivity index (χ3n) is 2.63. The molecule has 0 aromatic heterocycles. The van der Waals surface area contributed by atoms with E-state index in [1.54, 1.807) is 0 Å². The first kappa shape index (κ1) is 13.4. The third-order valence-corrected chi connectivity index (χ3v) is 4.82. The van der Waals surface area contributed by atoms with E-state index in [2.05, 4.69) is 50.9 Å². The van der Waals surface area contributed by atoms with Crippen LogP contribution in [-0.4, -0.2) is 30.9 Å². The molecule has 1 aromatic carbocycles. The normalized spacial score (nSPS) is 12.4. The van der Waals surface area contributed by atoms with Gasteiger partial charge in [-0.2, -0.15) is 0 Å². The molecule has 1 atom stereocenters. The predicted octanol–water partition coefficient (Wildman–Crippen LogP) is 1.37. The third kappa shape index (κ3) is 4.08. The Balaban J connectivity index is 2.52. The summed E-state index contributed by atoms with van der Waals surface area (Å²) in [5.74, 6) is 0. The summed E-state index contributed by atoms with van der Waals surface area (Å²) < 4.78 is 0. The van der Waals surface area contributed by atoms with Crippen LogP contribution in [0.25, 0.3) is 0 Å². The van der Waals surface area contributed by atoms with Crippen molar-refractivity contribution in [2.45, 2.75) is 26.4 Å². The maximum Gasteiger partial charge on any atom is 0.102 e. The van der Waals surface area contributed by atoms with E-state index in [-0.39, 0.29) is 0 Å². The predicted molar refractivity (Wildman–Crippen MR) is 74.7 cm³/mol. The fraction of sp³-hybridized carbons (Fsp3) is 0.385. The van der Waals surface area contributed by atoms with Crippen molar-refractivity contribution < 1.29 is 0 Å². The molecule has 0 saturated carbocycles. The van der Waals surface area contributed by atoms with Gasteiger partial charge in [0.1, 0.15) is 9.52 Å². The van der Waals surface area contributed by atoms with Crippen LogP contribution in [0.2, 0.25) is 0 Å². The van der Waals surface area contributed by atoms with Gasteiger partial charge in [0, 0.05) is 0 Å². The van der Waals surface area contributed by atoms with Crippen LogP contribution in [-0.2, 0) is 0 Å². The Morgan fingerprint density at radius 2 is 2.19 bits per heavy atom. The lowest BCUT2D eigenvalue weighted by molar-refractivity contribution is 0.762. The molecule has 4 radical (unpaired) electrons. The van der Waals surface area contributed by atoms with Gasteiger partial charge in [0.2, 0.25) is 0 Å². The number of rotatable bonds is 6. The van der Waals surface area contributed by atoms with Crippen molar-refractivity contribution in [3.05, 3.63) is 41.6 Å². The van der Waals surface area contributed by atoms with Crippen LogP contribution in [0.3, 0.4) is 0 Å². The summed E-state index contributed by atoms with van der Waals surface area (Å²) in [4.78, 5) is 0. The summed E-state index contributed by atoms with van der Waals surface area (Å²) in [5, 5.41) is 5.02. The van der Waals surface area contributed by atoms with E-state index in [1.807, 2.05) is 5.70 Å². The van der Waals surface area contributed by atoms with Crippen molar-refractivity contribution in [1.29, 1.82) is 0 Å².